The number of aryl methyl sites for hydroxylation is 4. The standard InChI is InChI=1S/C12H18N4O/c1-5-11-13-9(3)7-15(11)17-16-8-10(4)14-12(16)6-2/h7-8H,5-6H2,1-4H3. The van der Waals surface area contributed by atoms with Gasteiger partial charge in [-0.25, -0.2) is 9.97 Å². The lowest BCUT2D eigenvalue weighted by Gasteiger charge is -2.09. The van der Waals surface area contributed by atoms with E-state index in [1.54, 1.807) is 9.46 Å². The van der Waals surface area contributed by atoms with Crippen LogP contribution in [0.2, 0.25) is 0 Å². The molecule has 92 valence electrons. The Bertz CT molecular complexity index is 466. The van der Waals surface area contributed by atoms with Gasteiger partial charge in [0, 0.05) is 12.8 Å². The molecule has 2 heterocycles. The molecule has 0 unspecified atom stereocenters. The molecule has 0 saturated heterocycles. The zero-order valence-electron chi connectivity index (χ0n) is 10.8. The molecule has 0 fully saturated rings. The van der Waals surface area contributed by atoms with E-state index in [-0.39, 0.29) is 0 Å². The van der Waals surface area contributed by atoms with E-state index in [4.69, 9.17) is 4.94 Å². The SMILES string of the molecule is CCc1nc(C)cn1On1cc(C)nc1CC. The van der Waals surface area contributed by atoms with Crippen LogP contribution in [0.25, 0.3) is 0 Å². The van der Waals surface area contributed by atoms with Crippen LogP contribution in [0.15, 0.2) is 12.4 Å². The summed E-state index contributed by atoms with van der Waals surface area (Å²) < 4.78 is 3.41. The first-order valence-corrected chi connectivity index (χ1v) is 5.92. The summed E-state index contributed by atoms with van der Waals surface area (Å²) in [4.78, 5) is 14.6. The number of hydrogen-bond donors (Lipinski definition) is 0. The third kappa shape index (κ3) is 2.33. The predicted octanol–water partition coefficient (Wildman–Crippen LogP) is 1.71. The molecule has 17 heavy (non-hydrogen) atoms. The number of hydrogen-bond acceptors (Lipinski definition) is 3. The molecule has 0 aromatic carbocycles. The Morgan fingerprint density at radius 1 is 0.941 bits per heavy atom. The highest BCUT2D eigenvalue weighted by Crippen LogP contribution is 2.05. The maximum atomic E-state index is 5.77. The average molecular weight is 234 g/mol. The molecule has 0 atom stereocenters. The van der Waals surface area contributed by atoms with Gasteiger partial charge >= 0.3 is 0 Å². The fraction of sp³-hybridized carbons (Fsp3) is 0.500. The molecule has 0 amide bonds. The first-order valence-electron chi connectivity index (χ1n) is 5.92. The Balaban J connectivity index is 2.30. The second-order valence-electron chi connectivity index (χ2n) is 4.04. The molecule has 0 radical (unpaired) electrons. The smallest absolute Gasteiger partial charge is 0.147 e. The second kappa shape index (κ2) is 4.61. The van der Waals surface area contributed by atoms with Crippen molar-refractivity contribution in [2.45, 2.75) is 40.5 Å². The van der Waals surface area contributed by atoms with Crippen LogP contribution in [0.5, 0.6) is 0 Å². The highest BCUT2D eigenvalue weighted by molar-refractivity contribution is 5.02. The van der Waals surface area contributed by atoms with Crippen molar-refractivity contribution in [3.8, 4) is 0 Å². The average Bonchev–Trinajstić information content (AvgIpc) is 2.82. The molecule has 2 aromatic rings. The minimum atomic E-state index is 0.836. The minimum absolute atomic E-state index is 0.836. The first kappa shape index (κ1) is 11.7. The lowest BCUT2D eigenvalue weighted by molar-refractivity contribution is 0.0242. The van der Waals surface area contributed by atoms with E-state index < -0.39 is 0 Å². The minimum Gasteiger partial charge on any atom is -0.280 e. The highest BCUT2D eigenvalue weighted by Gasteiger charge is 2.09. The maximum Gasteiger partial charge on any atom is 0.147 e. The highest BCUT2D eigenvalue weighted by atomic mass is 16.8. The molecule has 2 rings (SSSR count). The van der Waals surface area contributed by atoms with Crippen molar-refractivity contribution < 1.29 is 4.94 Å². The van der Waals surface area contributed by atoms with Crippen LogP contribution < -0.4 is 4.94 Å². The normalized spacial score (nSPS) is 10.8. The van der Waals surface area contributed by atoms with Gasteiger partial charge in [-0.3, -0.25) is 4.94 Å². The van der Waals surface area contributed by atoms with E-state index in [9.17, 15) is 0 Å². The summed E-state index contributed by atoms with van der Waals surface area (Å²) in [6, 6.07) is 0. The van der Waals surface area contributed by atoms with Crippen molar-refractivity contribution in [3.63, 3.8) is 0 Å². The Kier molecular flexibility index (Phi) is 3.17. The van der Waals surface area contributed by atoms with Crippen LogP contribution in [-0.4, -0.2) is 19.4 Å². The topological polar surface area (TPSA) is 44.9 Å². The quantitative estimate of drug-likeness (QED) is 0.809. The van der Waals surface area contributed by atoms with Crippen molar-refractivity contribution >= 4 is 0 Å². The molecule has 5 nitrogen and oxygen atoms in total. The molecule has 0 aliphatic carbocycles. The van der Waals surface area contributed by atoms with Gasteiger partial charge in [0.05, 0.1) is 23.8 Å². The summed E-state index contributed by atoms with van der Waals surface area (Å²) in [5.74, 6) is 1.83. The summed E-state index contributed by atoms with van der Waals surface area (Å²) in [5.41, 5.74) is 1.91. The van der Waals surface area contributed by atoms with Gasteiger partial charge in [-0.2, -0.15) is 0 Å². The molecular weight excluding hydrogens is 216 g/mol. The Morgan fingerprint density at radius 3 is 1.71 bits per heavy atom. The molecule has 0 aliphatic rings. The Labute approximate surface area is 101 Å². The Hall–Kier alpha value is -1.78. The lowest BCUT2D eigenvalue weighted by atomic mass is 10.5. The van der Waals surface area contributed by atoms with E-state index in [1.807, 2.05) is 26.2 Å². The van der Waals surface area contributed by atoms with E-state index in [0.29, 0.717) is 0 Å². The van der Waals surface area contributed by atoms with Gasteiger partial charge in [-0.05, 0) is 13.8 Å². The van der Waals surface area contributed by atoms with Crippen molar-refractivity contribution in [2.24, 2.45) is 0 Å². The van der Waals surface area contributed by atoms with Gasteiger partial charge in [0.25, 0.3) is 0 Å². The largest absolute Gasteiger partial charge is 0.280 e. The van der Waals surface area contributed by atoms with Crippen LogP contribution in [0.4, 0.5) is 0 Å². The third-order valence-corrected chi connectivity index (χ3v) is 2.54. The van der Waals surface area contributed by atoms with Crippen molar-refractivity contribution in [1.82, 2.24) is 19.4 Å². The first-order chi connectivity index (χ1) is 8.13. The second-order valence-corrected chi connectivity index (χ2v) is 4.04. The van der Waals surface area contributed by atoms with E-state index in [1.165, 1.54) is 0 Å². The molecule has 0 aliphatic heterocycles. The maximum absolute atomic E-state index is 5.77. The number of imidazole rings is 2. The predicted molar refractivity (Wildman–Crippen MR) is 64.7 cm³/mol. The van der Waals surface area contributed by atoms with Crippen LogP contribution in [-0.2, 0) is 12.8 Å². The molecule has 2 aromatic heterocycles. The summed E-state index contributed by atoms with van der Waals surface area (Å²) >= 11 is 0. The van der Waals surface area contributed by atoms with Crippen molar-refractivity contribution in [1.29, 1.82) is 0 Å². The zero-order valence-corrected chi connectivity index (χ0v) is 10.8. The van der Waals surface area contributed by atoms with Gasteiger partial charge in [-0.1, -0.05) is 13.8 Å². The molecule has 5 heteroatoms. The molecular formula is C12H18N4O. The van der Waals surface area contributed by atoms with Crippen molar-refractivity contribution in [3.05, 3.63) is 35.4 Å². The lowest BCUT2D eigenvalue weighted by Crippen LogP contribution is -2.20. The van der Waals surface area contributed by atoms with Gasteiger partial charge < -0.3 is 0 Å². The van der Waals surface area contributed by atoms with Crippen molar-refractivity contribution in [2.75, 3.05) is 0 Å². The monoisotopic (exact) mass is 234 g/mol. The zero-order chi connectivity index (χ0) is 12.4. The number of nitrogens with zero attached hydrogens (tertiary/aromatic N) is 4. The van der Waals surface area contributed by atoms with Crippen LogP contribution in [0, 0.1) is 13.8 Å². The van der Waals surface area contributed by atoms with E-state index in [0.717, 1.165) is 35.9 Å². The fourth-order valence-electron chi connectivity index (χ4n) is 1.76. The summed E-state index contributed by atoms with van der Waals surface area (Å²) in [5, 5.41) is 0. The summed E-state index contributed by atoms with van der Waals surface area (Å²) in [7, 11) is 0. The molecule has 0 bridgehead atoms. The van der Waals surface area contributed by atoms with Crippen LogP contribution >= 0.6 is 0 Å². The van der Waals surface area contributed by atoms with Gasteiger partial charge in [0.15, 0.2) is 0 Å². The summed E-state index contributed by atoms with van der Waals surface area (Å²) in [6.45, 7) is 8.03. The van der Waals surface area contributed by atoms with Crippen LogP contribution in [0.1, 0.15) is 36.9 Å². The van der Waals surface area contributed by atoms with Gasteiger partial charge in [-0.15, -0.1) is 9.46 Å². The fourth-order valence-corrected chi connectivity index (χ4v) is 1.76. The number of aromatic nitrogens is 4. The van der Waals surface area contributed by atoms with Crippen LogP contribution in [0.3, 0.4) is 0 Å². The third-order valence-electron chi connectivity index (χ3n) is 2.54. The summed E-state index contributed by atoms with van der Waals surface area (Å²) in [6.07, 6.45) is 5.44. The molecule has 0 spiro atoms. The number of rotatable bonds is 4. The van der Waals surface area contributed by atoms with E-state index in [2.05, 4.69) is 23.8 Å². The molecule has 0 saturated carbocycles. The Morgan fingerprint density at radius 2 is 1.35 bits per heavy atom. The van der Waals surface area contributed by atoms with E-state index >= 15 is 0 Å². The van der Waals surface area contributed by atoms with Gasteiger partial charge in [0.2, 0.25) is 0 Å². The van der Waals surface area contributed by atoms with Gasteiger partial charge in [0.1, 0.15) is 11.6 Å². The molecule has 0 N–H and O–H groups in total.